The van der Waals surface area contributed by atoms with Crippen LogP contribution in [0, 0.1) is 0 Å². The zero-order valence-electron chi connectivity index (χ0n) is 14.7. The molecule has 2 aromatic rings. The molecule has 2 aromatic carbocycles. The number of carbonyl (C=O) groups is 2. The van der Waals surface area contributed by atoms with Crippen LogP contribution in [0.3, 0.4) is 0 Å². The van der Waals surface area contributed by atoms with Gasteiger partial charge in [0, 0.05) is 24.4 Å². The van der Waals surface area contributed by atoms with Crippen molar-refractivity contribution in [1.29, 1.82) is 0 Å². The molecule has 1 aliphatic heterocycles. The number of carbonyl (C=O) groups excluding carboxylic acids is 2. The summed E-state index contributed by atoms with van der Waals surface area (Å²) in [5.74, 6) is 1.83. The molecule has 0 unspecified atom stereocenters. The van der Waals surface area contributed by atoms with Crippen molar-refractivity contribution in [2.45, 2.75) is 18.6 Å². The van der Waals surface area contributed by atoms with Crippen LogP contribution in [0.15, 0.2) is 48.5 Å². The molecule has 26 heavy (non-hydrogen) atoms. The Morgan fingerprint density at radius 1 is 1.23 bits per heavy atom. The lowest BCUT2D eigenvalue weighted by Gasteiger charge is -2.20. The standard InChI is InChI=1S/C20H22N2O3S/c1-25-18-10-9-16(12-17(18)22-11-5-8-20(22)24)21-19(23)14-26-13-15-6-3-2-4-7-15/h2-4,6-7,9-10,12H,5,8,11,13-14H2,1H3,(H,21,23). The highest BCUT2D eigenvalue weighted by Gasteiger charge is 2.24. The van der Waals surface area contributed by atoms with E-state index in [4.69, 9.17) is 4.74 Å². The van der Waals surface area contributed by atoms with E-state index in [1.165, 1.54) is 5.56 Å². The van der Waals surface area contributed by atoms with E-state index in [1.54, 1.807) is 35.9 Å². The molecule has 1 heterocycles. The summed E-state index contributed by atoms with van der Waals surface area (Å²) in [4.78, 5) is 26.0. The first-order valence-corrected chi connectivity index (χ1v) is 9.73. The Labute approximate surface area is 157 Å². The molecule has 0 saturated carbocycles. The number of benzene rings is 2. The lowest BCUT2D eigenvalue weighted by atomic mass is 10.2. The average Bonchev–Trinajstić information content (AvgIpc) is 3.08. The Kier molecular flexibility index (Phi) is 6.17. The van der Waals surface area contributed by atoms with E-state index in [9.17, 15) is 9.59 Å². The molecule has 6 heteroatoms. The smallest absolute Gasteiger partial charge is 0.234 e. The first-order chi connectivity index (χ1) is 12.7. The minimum Gasteiger partial charge on any atom is -0.495 e. The van der Waals surface area contributed by atoms with Crippen LogP contribution in [0.1, 0.15) is 18.4 Å². The van der Waals surface area contributed by atoms with Crippen molar-refractivity contribution in [3.8, 4) is 5.75 Å². The zero-order valence-corrected chi connectivity index (χ0v) is 15.6. The lowest BCUT2D eigenvalue weighted by Crippen LogP contribution is -2.24. The fourth-order valence-electron chi connectivity index (χ4n) is 2.91. The monoisotopic (exact) mass is 370 g/mol. The highest BCUT2D eigenvalue weighted by Crippen LogP contribution is 2.34. The third kappa shape index (κ3) is 4.58. The second kappa shape index (κ2) is 8.76. The molecule has 0 aromatic heterocycles. The molecule has 0 bridgehead atoms. The summed E-state index contributed by atoms with van der Waals surface area (Å²) in [5.41, 5.74) is 2.58. The maximum Gasteiger partial charge on any atom is 0.234 e. The van der Waals surface area contributed by atoms with Crippen LogP contribution < -0.4 is 15.0 Å². The number of anilines is 2. The molecular weight excluding hydrogens is 348 g/mol. The lowest BCUT2D eigenvalue weighted by molar-refractivity contribution is -0.117. The van der Waals surface area contributed by atoms with Crippen LogP contribution in [0.4, 0.5) is 11.4 Å². The first-order valence-electron chi connectivity index (χ1n) is 8.57. The summed E-state index contributed by atoms with van der Waals surface area (Å²) in [7, 11) is 1.58. The average molecular weight is 370 g/mol. The van der Waals surface area contributed by atoms with Crippen molar-refractivity contribution in [1.82, 2.24) is 0 Å². The van der Waals surface area contributed by atoms with E-state index in [2.05, 4.69) is 5.32 Å². The molecule has 1 N–H and O–H groups in total. The number of nitrogens with zero attached hydrogens (tertiary/aromatic N) is 1. The number of thioether (sulfide) groups is 1. The van der Waals surface area contributed by atoms with E-state index in [0.29, 0.717) is 35.8 Å². The van der Waals surface area contributed by atoms with E-state index in [1.807, 2.05) is 36.4 Å². The van der Waals surface area contributed by atoms with Crippen molar-refractivity contribution in [3.05, 3.63) is 54.1 Å². The Morgan fingerprint density at radius 3 is 2.73 bits per heavy atom. The highest BCUT2D eigenvalue weighted by molar-refractivity contribution is 7.99. The van der Waals surface area contributed by atoms with Gasteiger partial charge in [0.25, 0.3) is 0 Å². The van der Waals surface area contributed by atoms with Crippen molar-refractivity contribution < 1.29 is 14.3 Å². The van der Waals surface area contributed by atoms with Gasteiger partial charge < -0.3 is 15.0 Å². The number of nitrogens with one attached hydrogen (secondary N) is 1. The maximum atomic E-state index is 12.2. The van der Waals surface area contributed by atoms with Crippen LogP contribution in [-0.2, 0) is 15.3 Å². The van der Waals surface area contributed by atoms with Crippen molar-refractivity contribution in [2.24, 2.45) is 0 Å². The quantitative estimate of drug-likeness (QED) is 0.807. The summed E-state index contributed by atoms with van der Waals surface area (Å²) in [5, 5.41) is 2.90. The predicted octanol–water partition coefficient (Wildman–Crippen LogP) is 3.69. The fourth-order valence-corrected chi connectivity index (χ4v) is 3.70. The minimum absolute atomic E-state index is 0.0604. The molecular formula is C20H22N2O3S. The van der Waals surface area contributed by atoms with Gasteiger partial charge >= 0.3 is 0 Å². The van der Waals surface area contributed by atoms with Gasteiger partial charge in [0.05, 0.1) is 18.6 Å². The van der Waals surface area contributed by atoms with Crippen LogP contribution >= 0.6 is 11.8 Å². The highest BCUT2D eigenvalue weighted by atomic mass is 32.2. The molecule has 1 fully saturated rings. The topological polar surface area (TPSA) is 58.6 Å². The van der Waals surface area contributed by atoms with E-state index in [0.717, 1.165) is 12.2 Å². The zero-order chi connectivity index (χ0) is 18.4. The maximum absolute atomic E-state index is 12.2. The predicted molar refractivity (Wildman–Crippen MR) is 106 cm³/mol. The van der Waals surface area contributed by atoms with Crippen molar-refractivity contribution >= 4 is 35.0 Å². The summed E-state index contributed by atoms with van der Waals surface area (Å²) >= 11 is 1.57. The van der Waals surface area contributed by atoms with Gasteiger partial charge in [0.1, 0.15) is 5.75 Å². The van der Waals surface area contributed by atoms with Gasteiger partial charge in [-0.25, -0.2) is 0 Å². The van der Waals surface area contributed by atoms with E-state index < -0.39 is 0 Å². The SMILES string of the molecule is COc1ccc(NC(=O)CSCc2ccccc2)cc1N1CCCC1=O. The van der Waals surface area contributed by atoms with Crippen molar-refractivity contribution in [3.63, 3.8) is 0 Å². The molecule has 0 spiro atoms. The number of hydrogen-bond donors (Lipinski definition) is 1. The molecule has 0 aliphatic carbocycles. The Balaban J connectivity index is 1.60. The van der Waals surface area contributed by atoms with E-state index in [-0.39, 0.29) is 11.8 Å². The second-order valence-corrected chi connectivity index (χ2v) is 7.05. The third-order valence-corrected chi connectivity index (χ3v) is 5.18. The normalized spacial score (nSPS) is 13.7. The summed E-state index contributed by atoms with van der Waals surface area (Å²) in [6.45, 7) is 0.680. The first kappa shape index (κ1) is 18.3. The van der Waals surface area contributed by atoms with Gasteiger partial charge in [-0.2, -0.15) is 0 Å². The van der Waals surface area contributed by atoms with Crippen molar-refractivity contribution in [2.75, 3.05) is 29.6 Å². The third-order valence-electron chi connectivity index (χ3n) is 4.17. The number of hydrogen-bond acceptors (Lipinski definition) is 4. The Bertz CT molecular complexity index is 780. The van der Waals surface area contributed by atoms with Gasteiger partial charge in [0.15, 0.2) is 0 Å². The van der Waals surface area contributed by atoms with E-state index >= 15 is 0 Å². The van der Waals surface area contributed by atoms with Crippen LogP contribution in [0.25, 0.3) is 0 Å². The largest absolute Gasteiger partial charge is 0.495 e. The van der Waals surface area contributed by atoms with Gasteiger partial charge in [0.2, 0.25) is 11.8 Å². The Morgan fingerprint density at radius 2 is 2.04 bits per heavy atom. The van der Waals surface area contributed by atoms with Gasteiger partial charge in [-0.15, -0.1) is 11.8 Å². The molecule has 0 atom stereocenters. The number of methoxy groups -OCH3 is 1. The fraction of sp³-hybridized carbons (Fsp3) is 0.300. The molecule has 136 valence electrons. The number of rotatable bonds is 7. The van der Waals surface area contributed by atoms with Gasteiger partial charge in [-0.3, -0.25) is 9.59 Å². The molecule has 0 radical (unpaired) electrons. The summed E-state index contributed by atoms with van der Waals surface area (Å²) in [6.07, 6.45) is 1.39. The summed E-state index contributed by atoms with van der Waals surface area (Å²) in [6, 6.07) is 15.5. The second-order valence-electron chi connectivity index (χ2n) is 6.06. The van der Waals surface area contributed by atoms with Crippen LogP contribution in [0.5, 0.6) is 5.75 Å². The molecule has 2 amide bonds. The molecule has 1 saturated heterocycles. The molecule has 1 aliphatic rings. The molecule has 3 rings (SSSR count). The van der Waals surface area contributed by atoms with Crippen LogP contribution in [0.2, 0.25) is 0 Å². The number of ether oxygens (including phenoxy) is 1. The number of amides is 2. The van der Waals surface area contributed by atoms with Gasteiger partial charge in [-0.05, 0) is 30.2 Å². The Hall–Kier alpha value is -2.47. The van der Waals surface area contributed by atoms with Crippen LogP contribution in [-0.4, -0.2) is 31.2 Å². The molecule has 5 nitrogen and oxygen atoms in total. The minimum atomic E-state index is -0.0604. The van der Waals surface area contributed by atoms with Gasteiger partial charge in [-0.1, -0.05) is 30.3 Å². The summed E-state index contributed by atoms with van der Waals surface area (Å²) < 4.78 is 5.37.